The SMILES string of the molecule is COc1cc(/C=C(\C#N)C(=O)Nc2ccc(OCc3ccccc3)cc2)cc(Cl)c1Cc1ccccc1F. The van der Waals surface area contributed by atoms with Crippen molar-refractivity contribution in [3.8, 4) is 17.6 Å². The Morgan fingerprint density at radius 2 is 1.74 bits per heavy atom. The zero-order valence-electron chi connectivity index (χ0n) is 20.6. The van der Waals surface area contributed by atoms with Gasteiger partial charge in [-0.05, 0) is 65.2 Å². The molecule has 190 valence electrons. The molecule has 4 aromatic rings. The number of anilines is 1. The van der Waals surface area contributed by atoms with Crippen molar-refractivity contribution in [3.05, 3.63) is 130 Å². The highest BCUT2D eigenvalue weighted by Crippen LogP contribution is 2.32. The number of methoxy groups -OCH3 is 1. The molecule has 0 radical (unpaired) electrons. The molecule has 0 aliphatic rings. The van der Waals surface area contributed by atoms with Crippen molar-refractivity contribution in [3.63, 3.8) is 0 Å². The Morgan fingerprint density at radius 1 is 1.03 bits per heavy atom. The lowest BCUT2D eigenvalue weighted by molar-refractivity contribution is -0.112. The number of nitrogens with one attached hydrogen (secondary N) is 1. The fourth-order valence-electron chi connectivity index (χ4n) is 3.79. The largest absolute Gasteiger partial charge is 0.496 e. The molecule has 1 amide bonds. The van der Waals surface area contributed by atoms with Crippen LogP contribution in [0.5, 0.6) is 11.5 Å². The first-order valence-electron chi connectivity index (χ1n) is 11.8. The summed E-state index contributed by atoms with van der Waals surface area (Å²) in [5, 5.41) is 12.7. The van der Waals surface area contributed by atoms with Gasteiger partial charge >= 0.3 is 0 Å². The van der Waals surface area contributed by atoms with Crippen molar-refractivity contribution in [2.45, 2.75) is 13.0 Å². The number of ether oxygens (including phenoxy) is 2. The van der Waals surface area contributed by atoms with Gasteiger partial charge < -0.3 is 14.8 Å². The van der Waals surface area contributed by atoms with E-state index in [1.54, 1.807) is 54.6 Å². The number of rotatable bonds is 9. The lowest BCUT2D eigenvalue weighted by Crippen LogP contribution is -2.13. The normalized spacial score (nSPS) is 10.9. The van der Waals surface area contributed by atoms with Crippen LogP contribution in [-0.4, -0.2) is 13.0 Å². The standard InChI is InChI=1S/C31H24ClFN2O3/c1-37-30-17-22(16-28(32)27(30)18-23-9-5-6-10-29(23)33)15-24(19-34)31(36)35-25-11-13-26(14-12-25)38-20-21-7-3-2-4-8-21/h2-17H,18,20H2,1H3,(H,35,36)/b24-15+. The molecule has 0 saturated heterocycles. The Balaban J connectivity index is 1.46. The smallest absolute Gasteiger partial charge is 0.266 e. The number of carbonyl (C=O) groups excluding carboxylic acids is 1. The van der Waals surface area contributed by atoms with Gasteiger partial charge in [0.15, 0.2) is 0 Å². The van der Waals surface area contributed by atoms with E-state index in [0.717, 1.165) is 5.56 Å². The lowest BCUT2D eigenvalue weighted by Gasteiger charge is -2.13. The maximum Gasteiger partial charge on any atom is 0.266 e. The predicted octanol–water partition coefficient (Wildman–Crippen LogP) is 7.20. The predicted molar refractivity (Wildman–Crippen MR) is 147 cm³/mol. The number of nitriles is 1. The molecule has 0 aliphatic carbocycles. The van der Waals surface area contributed by atoms with Crippen LogP contribution in [0.4, 0.5) is 10.1 Å². The fourth-order valence-corrected chi connectivity index (χ4v) is 4.08. The van der Waals surface area contributed by atoms with Crippen molar-refractivity contribution in [2.75, 3.05) is 12.4 Å². The molecule has 0 aromatic heterocycles. The van der Waals surface area contributed by atoms with Gasteiger partial charge in [-0.25, -0.2) is 4.39 Å². The third-order valence-electron chi connectivity index (χ3n) is 5.76. The number of hydrogen-bond acceptors (Lipinski definition) is 4. The van der Waals surface area contributed by atoms with E-state index in [2.05, 4.69) is 5.32 Å². The minimum absolute atomic E-state index is 0.116. The number of amides is 1. The average molecular weight is 527 g/mol. The van der Waals surface area contributed by atoms with E-state index in [0.29, 0.717) is 45.5 Å². The Labute approximate surface area is 225 Å². The summed E-state index contributed by atoms with van der Waals surface area (Å²) in [6, 6.07) is 28.3. The van der Waals surface area contributed by atoms with Crippen LogP contribution in [0.1, 0.15) is 22.3 Å². The van der Waals surface area contributed by atoms with Crippen LogP contribution in [0, 0.1) is 17.1 Å². The van der Waals surface area contributed by atoms with Crippen LogP contribution in [-0.2, 0) is 17.8 Å². The van der Waals surface area contributed by atoms with Crippen LogP contribution in [0.3, 0.4) is 0 Å². The van der Waals surface area contributed by atoms with Crippen LogP contribution in [0.15, 0.2) is 96.6 Å². The molecule has 1 N–H and O–H groups in total. The average Bonchev–Trinajstić information content (AvgIpc) is 2.94. The molecule has 0 aliphatic heterocycles. The Bertz CT molecular complexity index is 1500. The molecule has 0 fully saturated rings. The van der Waals surface area contributed by atoms with Crippen LogP contribution >= 0.6 is 11.6 Å². The summed E-state index contributed by atoms with van der Waals surface area (Å²) in [7, 11) is 1.48. The van der Waals surface area contributed by atoms with Gasteiger partial charge in [0.1, 0.15) is 35.6 Å². The molecule has 4 aromatic carbocycles. The number of hydrogen-bond donors (Lipinski definition) is 1. The van der Waals surface area contributed by atoms with Crippen molar-refractivity contribution in [2.24, 2.45) is 0 Å². The van der Waals surface area contributed by atoms with Gasteiger partial charge in [0, 0.05) is 22.7 Å². The topological polar surface area (TPSA) is 71.3 Å². The van der Waals surface area contributed by atoms with Gasteiger partial charge in [0.2, 0.25) is 0 Å². The second kappa shape index (κ2) is 12.6. The Morgan fingerprint density at radius 3 is 2.42 bits per heavy atom. The zero-order valence-corrected chi connectivity index (χ0v) is 21.3. The highest BCUT2D eigenvalue weighted by molar-refractivity contribution is 6.31. The molecule has 0 spiro atoms. The van der Waals surface area contributed by atoms with E-state index < -0.39 is 5.91 Å². The lowest BCUT2D eigenvalue weighted by atomic mass is 10.0. The molecular formula is C31H24ClFN2O3. The van der Waals surface area contributed by atoms with Gasteiger partial charge in [-0.3, -0.25) is 4.79 Å². The third kappa shape index (κ3) is 6.78. The van der Waals surface area contributed by atoms with Crippen molar-refractivity contribution in [1.82, 2.24) is 0 Å². The summed E-state index contributed by atoms with van der Waals surface area (Å²) in [5.74, 6) is 0.167. The monoisotopic (exact) mass is 526 g/mol. The first kappa shape index (κ1) is 26.5. The third-order valence-corrected chi connectivity index (χ3v) is 6.10. The first-order chi connectivity index (χ1) is 18.5. The summed E-state index contributed by atoms with van der Waals surface area (Å²) >= 11 is 6.50. The molecule has 0 saturated carbocycles. The fraction of sp³-hybridized carbons (Fsp3) is 0.0968. The van der Waals surface area contributed by atoms with Crippen molar-refractivity contribution >= 4 is 29.3 Å². The molecule has 0 heterocycles. The highest BCUT2D eigenvalue weighted by atomic mass is 35.5. The Hall–Kier alpha value is -4.60. The van der Waals surface area contributed by atoms with E-state index in [4.69, 9.17) is 21.1 Å². The number of nitrogens with zero attached hydrogens (tertiary/aromatic N) is 1. The molecule has 4 rings (SSSR count). The molecule has 38 heavy (non-hydrogen) atoms. The minimum atomic E-state index is -0.573. The van der Waals surface area contributed by atoms with Crippen molar-refractivity contribution in [1.29, 1.82) is 5.26 Å². The molecule has 0 bridgehead atoms. The summed E-state index contributed by atoms with van der Waals surface area (Å²) in [6.07, 6.45) is 1.66. The first-order valence-corrected chi connectivity index (χ1v) is 12.1. The van der Waals surface area contributed by atoms with Gasteiger partial charge in [-0.1, -0.05) is 60.1 Å². The summed E-state index contributed by atoms with van der Waals surface area (Å²) in [4.78, 5) is 12.8. The summed E-state index contributed by atoms with van der Waals surface area (Å²) in [6.45, 7) is 0.430. The highest BCUT2D eigenvalue weighted by Gasteiger charge is 2.15. The summed E-state index contributed by atoms with van der Waals surface area (Å²) < 4.78 is 25.4. The molecule has 0 unspecified atom stereocenters. The number of halogens is 2. The second-order valence-corrected chi connectivity index (χ2v) is 8.78. The van der Waals surface area contributed by atoms with Gasteiger partial charge in [0.25, 0.3) is 5.91 Å². The van der Waals surface area contributed by atoms with E-state index in [-0.39, 0.29) is 17.8 Å². The zero-order chi connectivity index (χ0) is 26.9. The van der Waals surface area contributed by atoms with E-state index >= 15 is 0 Å². The van der Waals surface area contributed by atoms with Crippen LogP contribution < -0.4 is 14.8 Å². The van der Waals surface area contributed by atoms with Gasteiger partial charge in [-0.2, -0.15) is 5.26 Å². The van der Waals surface area contributed by atoms with E-state index in [9.17, 15) is 14.4 Å². The minimum Gasteiger partial charge on any atom is -0.496 e. The van der Waals surface area contributed by atoms with E-state index in [1.165, 1.54) is 19.3 Å². The molecule has 0 atom stereocenters. The molecular weight excluding hydrogens is 503 g/mol. The summed E-state index contributed by atoms with van der Waals surface area (Å²) in [5.41, 5.74) is 3.03. The number of carbonyl (C=O) groups is 1. The molecule has 5 nitrogen and oxygen atoms in total. The van der Waals surface area contributed by atoms with Crippen molar-refractivity contribution < 1.29 is 18.7 Å². The quantitative estimate of drug-likeness (QED) is 0.185. The number of benzene rings is 4. The van der Waals surface area contributed by atoms with Gasteiger partial charge in [-0.15, -0.1) is 0 Å². The maximum atomic E-state index is 14.2. The van der Waals surface area contributed by atoms with Gasteiger partial charge in [0.05, 0.1) is 7.11 Å². The molecule has 7 heteroatoms. The van der Waals surface area contributed by atoms with Crippen LogP contribution in [0.2, 0.25) is 5.02 Å². The maximum absolute atomic E-state index is 14.2. The second-order valence-electron chi connectivity index (χ2n) is 8.37. The van der Waals surface area contributed by atoms with Crippen LogP contribution in [0.25, 0.3) is 6.08 Å². The van der Waals surface area contributed by atoms with E-state index in [1.807, 2.05) is 36.4 Å². The Kier molecular flexibility index (Phi) is 8.76.